The van der Waals surface area contributed by atoms with Crippen LogP contribution in [-0.4, -0.2) is 34.2 Å². The van der Waals surface area contributed by atoms with Crippen LogP contribution in [0.1, 0.15) is 0 Å². The van der Waals surface area contributed by atoms with Gasteiger partial charge in [-0.3, -0.25) is 15.8 Å². The molecule has 0 unspecified atom stereocenters. The van der Waals surface area contributed by atoms with Crippen molar-refractivity contribution < 1.29 is 101 Å². The van der Waals surface area contributed by atoms with Gasteiger partial charge in [0.2, 0.25) is 0 Å². The van der Waals surface area contributed by atoms with Crippen LogP contribution in [-0.2, 0) is 14.7 Å². The standard InChI is InChI=1S/3CH2O4.Nd/c3*2-1(3)5-4;/h3*4H,(H,2,3);/q;;;+3/p-3. The van der Waals surface area contributed by atoms with Gasteiger partial charge in [0.05, 0.1) is 0 Å². The van der Waals surface area contributed by atoms with Crippen molar-refractivity contribution in [3.8, 4) is 0 Å². The second-order valence-corrected chi connectivity index (χ2v) is 1.02. The molecule has 0 atom stereocenters. The molecule has 0 aromatic rings. The molecule has 91 valence electrons. The van der Waals surface area contributed by atoms with E-state index in [1.807, 2.05) is 0 Å². The fraction of sp³-hybridized carbons (Fsp3) is 0. The summed E-state index contributed by atoms with van der Waals surface area (Å²) in [5.41, 5.74) is 0. The zero-order valence-corrected chi connectivity index (χ0v) is 10.2. The van der Waals surface area contributed by atoms with Crippen LogP contribution >= 0.6 is 0 Å². The fourth-order valence-corrected chi connectivity index (χ4v) is 0. The summed E-state index contributed by atoms with van der Waals surface area (Å²) >= 11 is 0. The van der Waals surface area contributed by atoms with Crippen molar-refractivity contribution in [2.45, 2.75) is 0 Å². The maximum absolute atomic E-state index is 8.78. The maximum Gasteiger partial charge on any atom is 3.00 e. The second-order valence-electron chi connectivity index (χ2n) is 1.02. The molecule has 0 aromatic heterocycles. The quantitative estimate of drug-likeness (QED) is 0.213. The van der Waals surface area contributed by atoms with Crippen LogP contribution in [0.25, 0.3) is 0 Å². The van der Waals surface area contributed by atoms with E-state index in [1.54, 1.807) is 0 Å². The Hall–Kier alpha value is -0.959. The molecule has 16 heavy (non-hydrogen) atoms. The summed E-state index contributed by atoms with van der Waals surface area (Å²) in [6, 6.07) is 0. The Morgan fingerprint density at radius 2 is 0.750 bits per heavy atom. The third-order valence-corrected chi connectivity index (χ3v) is 0.224. The van der Waals surface area contributed by atoms with Gasteiger partial charge in [0.1, 0.15) is 0 Å². The van der Waals surface area contributed by atoms with Gasteiger partial charge in [-0.2, -0.15) is 0 Å². The van der Waals surface area contributed by atoms with Crippen molar-refractivity contribution in [1.29, 1.82) is 0 Å². The largest absolute Gasteiger partial charge is 3.00 e. The molecule has 0 saturated heterocycles. The minimum Gasteiger partial charge on any atom is -0.424 e. The Bertz CT molecular complexity index is 155. The molecule has 0 aromatic carbocycles. The van der Waals surface area contributed by atoms with Crippen molar-refractivity contribution in [2.75, 3.05) is 0 Å². The molecule has 3 N–H and O–H groups in total. The number of hydrogen-bond acceptors (Lipinski definition) is 12. The predicted octanol–water partition coefficient (Wildman–Crippen LogP) is -3.54. The minimum atomic E-state index is -1.94. The van der Waals surface area contributed by atoms with Gasteiger partial charge in [-0.1, -0.05) is 0 Å². The van der Waals surface area contributed by atoms with Gasteiger partial charge >= 0.3 is 40.8 Å². The summed E-state index contributed by atoms with van der Waals surface area (Å²) in [5, 5.41) is 47.3. The van der Waals surface area contributed by atoms with Crippen LogP contribution in [0.5, 0.6) is 0 Å². The average molecular weight is 375 g/mol. The average Bonchev–Trinajstić information content (AvgIpc) is 2.19. The van der Waals surface area contributed by atoms with Gasteiger partial charge < -0.3 is 44.4 Å². The van der Waals surface area contributed by atoms with E-state index in [4.69, 9.17) is 45.5 Å². The monoisotopic (exact) mass is 373 g/mol. The van der Waals surface area contributed by atoms with Crippen LogP contribution in [0.15, 0.2) is 0 Å². The Morgan fingerprint density at radius 1 is 0.688 bits per heavy atom. The zero-order valence-electron chi connectivity index (χ0n) is 7.02. The summed E-state index contributed by atoms with van der Waals surface area (Å²) in [6.07, 6.45) is -5.82. The molecule has 0 aliphatic rings. The molecule has 0 aliphatic carbocycles. The first-order chi connectivity index (χ1) is 6.81. The molecule has 0 bridgehead atoms. The molecule has 0 heterocycles. The van der Waals surface area contributed by atoms with Gasteiger partial charge in [0, 0.05) is 0 Å². The molecule has 13 heteroatoms. The molecule has 12 nitrogen and oxygen atoms in total. The topological polar surface area (TPSA) is 209 Å². The summed E-state index contributed by atoms with van der Waals surface area (Å²) in [6.45, 7) is 0. The number of carboxylic acid groups (broad SMARTS) is 3. The van der Waals surface area contributed by atoms with Crippen molar-refractivity contribution >= 4 is 18.5 Å². The van der Waals surface area contributed by atoms with Gasteiger partial charge in [-0.05, 0) is 0 Å². The molecule has 1 radical (unpaired) electrons. The summed E-state index contributed by atoms with van der Waals surface area (Å²) < 4.78 is 0. The molecule has 0 saturated carbocycles. The Kier molecular flexibility index (Phi) is 29.8. The molecular weight excluding hydrogens is 372 g/mol. The third kappa shape index (κ3) is 74.4. The number of carbonyl (C=O) groups is 3. The number of hydrogen-bond donors (Lipinski definition) is 3. The van der Waals surface area contributed by atoms with Crippen LogP contribution in [0.4, 0.5) is 14.4 Å². The molecular formula is C3H3NdO12. The van der Waals surface area contributed by atoms with Crippen molar-refractivity contribution in [1.82, 2.24) is 0 Å². The van der Waals surface area contributed by atoms with Gasteiger partial charge in [0.25, 0.3) is 18.5 Å². The number of rotatable bonds is 0. The first-order valence-corrected chi connectivity index (χ1v) is 2.38. The van der Waals surface area contributed by atoms with Crippen LogP contribution in [0, 0.1) is 40.8 Å². The molecule has 0 spiro atoms. The van der Waals surface area contributed by atoms with Gasteiger partial charge in [-0.25, -0.2) is 0 Å². The SMILES string of the molecule is O=C([O-])OO.O=C([O-])OO.O=C([O-])OO.[Nd+3]. The Labute approximate surface area is 119 Å². The van der Waals surface area contributed by atoms with E-state index < -0.39 is 18.5 Å². The van der Waals surface area contributed by atoms with E-state index >= 15 is 0 Å². The molecule has 0 aliphatic heterocycles. The normalized spacial score (nSPS) is 6.19. The van der Waals surface area contributed by atoms with Crippen LogP contribution in [0.2, 0.25) is 0 Å². The van der Waals surface area contributed by atoms with E-state index in [-0.39, 0.29) is 40.8 Å². The minimum absolute atomic E-state index is 0. The number of carbonyl (C=O) groups excluding carboxylic acids is 3. The molecule has 0 amide bonds. The maximum atomic E-state index is 8.78. The van der Waals surface area contributed by atoms with Crippen molar-refractivity contribution in [3.63, 3.8) is 0 Å². The van der Waals surface area contributed by atoms with E-state index in [9.17, 15) is 0 Å². The molecule has 0 fully saturated rings. The van der Waals surface area contributed by atoms with Gasteiger partial charge in [0.15, 0.2) is 0 Å². The Morgan fingerprint density at radius 3 is 0.750 bits per heavy atom. The van der Waals surface area contributed by atoms with Gasteiger partial charge in [-0.15, -0.1) is 0 Å². The summed E-state index contributed by atoms with van der Waals surface area (Å²) in [4.78, 5) is 34.0. The van der Waals surface area contributed by atoms with E-state index in [0.29, 0.717) is 0 Å². The molecule has 0 rings (SSSR count). The fourth-order valence-electron chi connectivity index (χ4n) is 0. The second kappa shape index (κ2) is 19.6. The van der Waals surface area contributed by atoms with Crippen molar-refractivity contribution in [3.05, 3.63) is 0 Å². The Balaban J connectivity index is -0.0000000655. The van der Waals surface area contributed by atoms with Crippen molar-refractivity contribution in [2.24, 2.45) is 0 Å². The summed E-state index contributed by atoms with van der Waals surface area (Å²) in [7, 11) is 0. The van der Waals surface area contributed by atoms with Crippen LogP contribution in [0.3, 0.4) is 0 Å². The van der Waals surface area contributed by atoms with E-state index in [0.717, 1.165) is 0 Å². The van der Waals surface area contributed by atoms with Crippen LogP contribution < -0.4 is 15.3 Å². The zero-order chi connectivity index (χ0) is 12.9. The first-order valence-electron chi connectivity index (χ1n) is 2.38. The van der Waals surface area contributed by atoms with E-state index in [2.05, 4.69) is 14.7 Å². The smallest absolute Gasteiger partial charge is 0.424 e. The van der Waals surface area contributed by atoms with E-state index in [1.165, 1.54) is 0 Å². The predicted molar refractivity (Wildman–Crippen MR) is 27.3 cm³/mol. The third-order valence-electron chi connectivity index (χ3n) is 0.224. The first kappa shape index (κ1) is 24.3. The summed E-state index contributed by atoms with van der Waals surface area (Å²) in [5.74, 6) is 0.